The van der Waals surface area contributed by atoms with Gasteiger partial charge >= 0.3 is 0 Å². The van der Waals surface area contributed by atoms with Gasteiger partial charge in [-0.05, 0) is 69.4 Å². The van der Waals surface area contributed by atoms with Crippen LogP contribution in [0.2, 0.25) is 0 Å². The normalized spacial score (nSPS) is 18.6. The van der Waals surface area contributed by atoms with Crippen molar-refractivity contribution in [3.05, 3.63) is 66.0 Å². The molecule has 0 saturated carbocycles. The van der Waals surface area contributed by atoms with Crippen LogP contribution in [-0.2, 0) is 25.7 Å². The van der Waals surface area contributed by atoms with Crippen LogP contribution >= 0.6 is 11.8 Å². The number of aromatic nitrogens is 2. The van der Waals surface area contributed by atoms with Crippen LogP contribution in [0.1, 0.15) is 74.2 Å². The molecular weight excluding hydrogens is 645 g/mol. The number of anilines is 3. The monoisotopic (exact) mass is 684 g/mol. The van der Waals surface area contributed by atoms with Gasteiger partial charge in [0.1, 0.15) is 16.9 Å². The van der Waals surface area contributed by atoms with Gasteiger partial charge in [0.2, 0.25) is 23.6 Å². The van der Waals surface area contributed by atoms with Crippen LogP contribution in [0.4, 0.5) is 17.2 Å². The third-order valence-electron chi connectivity index (χ3n) is 9.10. The molecule has 14 heteroatoms. The quantitative estimate of drug-likeness (QED) is 0.171. The highest BCUT2D eigenvalue weighted by Crippen LogP contribution is 2.33. The van der Waals surface area contributed by atoms with Crippen LogP contribution in [0.25, 0.3) is 0 Å². The van der Waals surface area contributed by atoms with E-state index in [0.717, 1.165) is 41.7 Å². The number of carbonyl (C=O) groups excluding carboxylic acids is 5. The van der Waals surface area contributed by atoms with Crippen LogP contribution in [0, 0.1) is 0 Å². The second-order valence-electron chi connectivity index (χ2n) is 13.0. The number of nitrogens with one attached hydrogen (secondary N) is 3. The Kier molecular flexibility index (Phi) is 10.2. The molecule has 0 bridgehead atoms. The highest BCUT2D eigenvalue weighted by molar-refractivity contribution is 7.99. The third-order valence-corrected chi connectivity index (χ3v) is 10.0. The van der Waals surface area contributed by atoms with Gasteiger partial charge in [0, 0.05) is 71.8 Å². The summed E-state index contributed by atoms with van der Waals surface area (Å²) in [6, 6.07) is 11.9. The lowest BCUT2D eigenvalue weighted by atomic mass is 9.91. The van der Waals surface area contributed by atoms with Crippen molar-refractivity contribution in [2.24, 2.45) is 5.73 Å². The van der Waals surface area contributed by atoms with E-state index in [9.17, 15) is 24.0 Å². The Morgan fingerprint density at radius 3 is 2.45 bits per heavy atom. The van der Waals surface area contributed by atoms with Crippen molar-refractivity contribution in [1.82, 2.24) is 20.2 Å². The maximum absolute atomic E-state index is 13.0. The van der Waals surface area contributed by atoms with Crippen LogP contribution in [0.15, 0.2) is 64.8 Å². The Hall–Kier alpha value is -4.82. The van der Waals surface area contributed by atoms with Gasteiger partial charge in [0.05, 0.1) is 12.4 Å². The summed E-state index contributed by atoms with van der Waals surface area (Å²) in [5.41, 5.74) is 8.39. The van der Waals surface area contributed by atoms with Crippen molar-refractivity contribution < 1.29 is 24.0 Å². The van der Waals surface area contributed by atoms with Gasteiger partial charge in [-0.15, -0.1) is 0 Å². The Morgan fingerprint density at radius 1 is 1.00 bits per heavy atom. The lowest BCUT2D eigenvalue weighted by molar-refractivity contribution is -0.137. The van der Waals surface area contributed by atoms with Crippen molar-refractivity contribution >= 4 is 58.5 Å². The average molecular weight is 685 g/mol. The number of carbonyl (C=O) groups is 5. The van der Waals surface area contributed by atoms with E-state index in [4.69, 9.17) is 5.73 Å². The summed E-state index contributed by atoms with van der Waals surface area (Å²) in [6.45, 7) is 3.97. The first-order chi connectivity index (χ1) is 23.5. The van der Waals surface area contributed by atoms with Crippen LogP contribution in [-0.4, -0.2) is 69.1 Å². The molecule has 3 aliphatic heterocycles. The molecule has 3 aliphatic rings. The van der Waals surface area contributed by atoms with Gasteiger partial charge < -0.3 is 26.2 Å². The summed E-state index contributed by atoms with van der Waals surface area (Å²) >= 11 is 1.46. The summed E-state index contributed by atoms with van der Waals surface area (Å²) in [5, 5.41) is 8.87. The molecule has 1 aromatic heterocycles. The molecule has 6 rings (SSSR count). The molecule has 5 amide bonds. The molecule has 1 atom stereocenters. The first kappa shape index (κ1) is 34.1. The molecule has 1 unspecified atom stereocenters. The number of hydrogen-bond acceptors (Lipinski definition) is 10. The molecule has 3 aromatic rings. The zero-order valence-corrected chi connectivity index (χ0v) is 28.2. The molecule has 2 aromatic carbocycles. The van der Waals surface area contributed by atoms with Gasteiger partial charge in [0.25, 0.3) is 5.91 Å². The van der Waals surface area contributed by atoms with E-state index < -0.39 is 11.9 Å². The first-order valence-electron chi connectivity index (χ1n) is 16.5. The summed E-state index contributed by atoms with van der Waals surface area (Å²) in [6.07, 6.45) is 7.30. The van der Waals surface area contributed by atoms with E-state index in [-0.39, 0.29) is 61.4 Å². The standard InChI is InChI=1S/C35H40N8O5S/c1-35(36)14-16-42(17-15-35)28-19-38-32(20-37-28)49-23-7-4-6-22(18-23)39-29(44)10-2-3-11-30(45)40-26-9-5-8-24-25(26)21-43(34(24)48)27-12-13-31(46)41-33(27)47/h4-9,18-20,27H,2-3,10-17,21,36H2,1H3,(H,39,44)(H,40,45)(H,41,46,47). The van der Waals surface area contributed by atoms with Crippen LogP contribution < -0.4 is 26.6 Å². The largest absolute Gasteiger partial charge is 0.355 e. The number of benzene rings is 2. The summed E-state index contributed by atoms with van der Waals surface area (Å²) in [7, 11) is 0. The predicted molar refractivity (Wildman–Crippen MR) is 185 cm³/mol. The maximum Gasteiger partial charge on any atom is 0.255 e. The van der Waals surface area contributed by atoms with E-state index in [0.29, 0.717) is 35.3 Å². The number of rotatable bonds is 11. The highest BCUT2D eigenvalue weighted by Gasteiger charge is 2.40. The smallest absolute Gasteiger partial charge is 0.255 e. The van der Waals surface area contributed by atoms with Crippen molar-refractivity contribution in [1.29, 1.82) is 0 Å². The SMILES string of the molecule is CC1(N)CCN(c2cnc(Sc3cccc(NC(=O)CCCCC(=O)Nc4cccc5c4CN(C4CCC(=O)NC4=O)C5=O)c3)cn2)CC1. The minimum atomic E-state index is -0.727. The van der Waals surface area contributed by atoms with Crippen LogP contribution in [0.5, 0.6) is 0 Å². The third kappa shape index (κ3) is 8.43. The van der Waals surface area contributed by atoms with E-state index >= 15 is 0 Å². The van der Waals surface area contributed by atoms with Gasteiger partial charge in [0.15, 0.2) is 0 Å². The zero-order valence-electron chi connectivity index (χ0n) is 27.4. The number of hydrogen-bond donors (Lipinski definition) is 4. The average Bonchev–Trinajstić information content (AvgIpc) is 3.40. The predicted octanol–water partition coefficient (Wildman–Crippen LogP) is 3.84. The summed E-state index contributed by atoms with van der Waals surface area (Å²) < 4.78 is 0. The molecule has 13 nitrogen and oxygen atoms in total. The number of imide groups is 1. The minimum absolute atomic E-state index is 0.127. The lowest BCUT2D eigenvalue weighted by Crippen LogP contribution is -2.52. The fourth-order valence-corrected chi connectivity index (χ4v) is 7.02. The Morgan fingerprint density at radius 2 is 1.73 bits per heavy atom. The minimum Gasteiger partial charge on any atom is -0.355 e. The molecule has 0 spiro atoms. The van der Waals surface area contributed by atoms with Gasteiger partial charge in [-0.1, -0.05) is 23.9 Å². The molecule has 0 radical (unpaired) electrons. The Balaban J connectivity index is 0.932. The summed E-state index contributed by atoms with van der Waals surface area (Å²) in [5.74, 6) is -0.652. The molecule has 2 saturated heterocycles. The fourth-order valence-electron chi connectivity index (χ4n) is 6.24. The fraction of sp³-hybridized carbons (Fsp3) is 0.400. The number of piperidine rings is 2. The topological polar surface area (TPSA) is 180 Å². The molecule has 256 valence electrons. The molecule has 2 fully saturated rings. The number of nitrogens with two attached hydrogens (primary N) is 1. The molecular formula is C35H40N8O5S. The van der Waals surface area contributed by atoms with Gasteiger partial charge in [-0.2, -0.15) is 0 Å². The number of nitrogens with zero attached hydrogens (tertiary/aromatic N) is 4. The van der Waals surface area contributed by atoms with Crippen LogP contribution in [0.3, 0.4) is 0 Å². The Bertz CT molecular complexity index is 1750. The number of unbranched alkanes of at least 4 members (excludes halogenated alkanes) is 1. The van der Waals surface area contributed by atoms with Crippen molar-refractivity contribution in [3.8, 4) is 0 Å². The van der Waals surface area contributed by atoms with E-state index in [2.05, 4.69) is 37.7 Å². The number of amides is 5. The maximum atomic E-state index is 13.0. The van der Waals surface area contributed by atoms with Gasteiger partial charge in [-0.3, -0.25) is 29.3 Å². The van der Waals surface area contributed by atoms with Crippen molar-refractivity contribution in [3.63, 3.8) is 0 Å². The lowest BCUT2D eigenvalue weighted by Gasteiger charge is -2.37. The summed E-state index contributed by atoms with van der Waals surface area (Å²) in [4.78, 5) is 76.2. The Labute approximate surface area is 288 Å². The molecule has 4 heterocycles. The highest BCUT2D eigenvalue weighted by atomic mass is 32.2. The van der Waals surface area contributed by atoms with E-state index in [1.165, 1.54) is 16.7 Å². The van der Waals surface area contributed by atoms with E-state index in [1.54, 1.807) is 30.6 Å². The number of fused-ring (bicyclic) bond motifs is 1. The van der Waals surface area contributed by atoms with Crippen molar-refractivity contribution in [2.45, 2.75) is 86.3 Å². The van der Waals surface area contributed by atoms with E-state index in [1.807, 2.05) is 24.3 Å². The van der Waals surface area contributed by atoms with Crippen molar-refractivity contribution in [2.75, 3.05) is 28.6 Å². The zero-order chi connectivity index (χ0) is 34.5. The molecule has 0 aliphatic carbocycles. The first-order valence-corrected chi connectivity index (χ1v) is 17.4. The molecule has 5 N–H and O–H groups in total. The second-order valence-corrected chi connectivity index (χ2v) is 14.1. The molecule has 49 heavy (non-hydrogen) atoms. The second kappa shape index (κ2) is 14.7. The van der Waals surface area contributed by atoms with Gasteiger partial charge in [-0.25, -0.2) is 9.97 Å².